The first-order valence-electron chi connectivity index (χ1n) is 6.45. The van der Waals surface area contributed by atoms with Gasteiger partial charge in [-0.15, -0.1) is 0 Å². The third-order valence-electron chi connectivity index (χ3n) is 2.58. The molecule has 106 valence electrons. The molecule has 2 aromatic rings. The quantitative estimate of drug-likeness (QED) is 0.627. The normalized spacial score (nSPS) is 12.3. The van der Waals surface area contributed by atoms with Crippen molar-refractivity contribution in [2.75, 3.05) is 12.4 Å². The van der Waals surface area contributed by atoms with Crippen LogP contribution in [0.2, 0.25) is 0 Å². The van der Waals surface area contributed by atoms with E-state index in [1.54, 1.807) is 12.4 Å². The Bertz CT molecular complexity index is 505. The van der Waals surface area contributed by atoms with E-state index in [0.29, 0.717) is 24.1 Å². The maximum absolute atomic E-state index is 9.84. The minimum absolute atomic E-state index is 0.313. The van der Waals surface area contributed by atoms with Gasteiger partial charge in [-0.2, -0.15) is 0 Å². The molecular formula is C15H18N2O2S. The van der Waals surface area contributed by atoms with Gasteiger partial charge in [-0.05, 0) is 18.1 Å². The summed E-state index contributed by atoms with van der Waals surface area (Å²) in [6.07, 6.45) is 3.02. The number of aliphatic hydroxyl groups is 1. The molecule has 0 saturated heterocycles. The lowest BCUT2D eigenvalue weighted by Crippen LogP contribution is -2.18. The largest absolute Gasteiger partial charge is 0.390 e. The summed E-state index contributed by atoms with van der Waals surface area (Å²) in [4.78, 5) is 8.36. The Hall–Kier alpha value is -1.43. The van der Waals surface area contributed by atoms with Crippen molar-refractivity contribution in [2.45, 2.75) is 24.8 Å². The fourth-order valence-corrected chi connectivity index (χ4v) is 2.25. The minimum Gasteiger partial charge on any atom is -0.390 e. The molecule has 1 atom stereocenters. The third-order valence-corrected chi connectivity index (χ3v) is 3.60. The second kappa shape index (κ2) is 7.99. The Balaban J connectivity index is 1.65. The van der Waals surface area contributed by atoms with Gasteiger partial charge in [0.25, 0.3) is 0 Å². The van der Waals surface area contributed by atoms with E-state index >= 15 is 0 Å². The lowest BCUT2D eigenvalue weighted by Gasteiger charge is -2.10. The van der Waals surface area contributed by atoms with Crippen LogP contribution in [0.4, 0.5) is 0 Å². The zero-order chi connectivity index (χ0) is 14.2. The van der Waals surface area contributed by atoms with E-state index in [1.807, 2.05) is 37.3 Å². The molecule has 0 aliphatic rings. The first-order valence-corrected chi connectivity index (χ1v) is 7.44. The van der Waals surface area contributed by atoms with Crippen LogP contribution in [0, 0.1) is 6.92 Å². The summed E-state index contributed by atoms with van der Waals surface area (Å²) >= 11 is 1.43. The van der Waals surface area contributed by atoms with Crippen LogP contribution in [0.5, 0.6) is 0 Å². The summed E-state index contributed by atoms with van der Waals surface area (Å²) < 4.78 is 5.48. The first-order chi connectivity index (χ1) is 9.74. The summed E-state index contributed by atoms with van der Waals surface area (Å²) in [7, 11) is 0. The van der Waals surface area contributed by atoms with Crippen LogP contribution >= 0.6 is 11.8 Å². The van der Waals surface area contributed by atoms with Crippen molar-refractivity contribution in [3.63, 3.8) is 0 Å². The van der Waals surface area contributed by atoms with Crippen LogP contribution in [-0.2, 0) is 11.3 Å². The van der Waals surface area contributed by atoms with Gasteiger partial charge in [-0.1, -0.05) is 42.1 Å². The lowest BCUT2D eigenvalue weighted by molar-refractivity contribution is 0.0398. The molecular weight excluding hydrogens is 272 g/mol. The molecule has 1 aromatic heterocycles. The Kier molecular flexibility index (Phi) is 5.98. The number of benzene rings is 1. The minimum atomic E-state index is -0.520. The average molecular weight is 290 g/mol. The number of aromatic nitrogens is 2. The van der Waals surface area contributed by atoms with E-state index in [4.69, 9.17) is 4.74 Å². The Morgan fingerprint density at radius 2 is 1.90 bits per heavy atom. The molecule has 4 nitrogen and oxygen atoms in total. The van der Waals surface area contributed by atoms with E-state index in [1.165, 1.54) is 11.8 Å². The van der Waals surface area contributed by atoms with E-state index in [0.717, 1.165) is 11.1 Å². The van der Waals surface area contributed by atoms with Gasteiger partial charge in [0.05, 0.1) is 19.3 Å². The van der Waals surface area contributed by atoms with Gasteiger partial charge in [0.15, 0.2) is 5.16 Å². The molecule has 1 heterocycles. The number of hydrogen-bond acceptors (Lipinski definition) is 5. The highest BCUT2D eigenvalue weighted by Gasteiger charge is 2.07. The van der Waals surface area contributed by atoms with Crippen molar-refractivity contribution in [3.05, 3.63) is 53.9 Å². The summed E-state index contributed by atoms with van der Waals surface area (Å²) in [5.41, 5.74) is 2.13. The predicted octanol–water partition coefficient (Wildman–Crippen LogP) is 2.45. The van der Waals surface area contributed by atoms with Crippen molar-refractivity contribution in [1.29, 1.82) is 0 Å². The fraction of sp³-hybridized carbons (Fsp3) is 0.333. The maximum atomic E-state index is 9.84. The summed E-state index contributed by atoms with van der Waals surface area (Å²) in [6, 6.07) is 9.92. The molecule has 0 amide bonds. The molecule has 0 saturated carbocycles. The molecule has 2 rings (SSSR count). The molecule has 1 aromatic carbocycles. The molecule has 1 N–H and O–H groups in total. The SMILES string of the molecule is Cc1cnc(SCC(O)COCc2ccccc2)nc1. The van der Waals surface area contributed by atoms with Crippen molar-refractivity contribution in [3.8, 4) is 0 Å². The van der Waals surface area contributed by atoms with Crippen molar-refractivity contribution < 1.29 is 9.84 Å². The van der Waals surface area contributed by atoms with Gasteiger partial charge in [-0.25, -0.2) is 9.97 Å². The average Bonchev–Trinajstić information content (AvgIpc) is 2.48. The van der Waals surface area contributed by atoms with Gasteiger partial charge < -0.3 is 9.84 Å². The van der Waals surface area contributed by atoms with Gasteiger partial charge >= 0.3 is 0 Å². The molecule has 5 heteroatoms. The highest BCUT2D eigenvalue weighted by atomic mass is 32.2. The highest BCUT2D eigenvalue weighted by Crippen LogP contribution is 2.13. The van der Waals surface area contributed by atoms with E-state index in [9.17, 15) is 5.11 Å². The zero-order valence-electron chi connectivity index (χ0n) is 11.4. The van der Waals surface area contributed by atoms with Gasteiger partial charge in [0.2, 0.25) is 0 Å². The molecule has 0 aliphatic heterocycles. The molecule has 20 heavy (non-hydrogen) atoms. The lowest BCUT2D eigenvalue weighted by atomic mass is 10.2. The molecule has 0 fully saturated rings. The van der Waals surface area contributed by atoms with Crippen LogP contribution in [0.3, 0.4) is 0 Å². The van der Waals surface area contributed by atoms with Gasteiger partial charge in [0, 0.05) is 18.1 Å². The maximum Gasteiger partial charge on any atom is 0.187 e. The number of aliphatic hydroxyl groups excluding tert-OH is 1. The highest BCUT2D eigenvalue weighted by molar-refractivity contribution is 7.99. The van der Waals surface area contributed by atoms with Crippen LogP contribution in [0.15, 0.2) is 47.9 Å². The zero-order valence-corrected chi connectivity index (χ0v) is 12.2. The van der Waals surface area contributed by atoms with Crippen LogP contribution < -0.4 is 0 Å². The first kappa shape index (κ1) is 15.0. The third kappa shape index (κ3) is 5.28. The molecule has 0 bridgehead atoms. The van der Waals surface area contributed by atoms with Gasteiger partial charge in [0.1, 0.15) is 0 Å². The number of aryl methyl sites for hydroxylation is 1. The van der Waals surface area contributed by atoms with Crippen molar-refractivity contribution in [2.24, 2.45) is 0 Å². The Labute approximate surface area is 123 Å². The second-order valence-corrected chi connectivity index (χ2v) is 5.50. The monoisotopic (exact) mass is 290 g/mol. The second-order valence-electron chi connectivity index (χ2n) is 4.51. The number of rotatable bonds is 7. The smallest absolute Gasteiger partial charge is 0.187 e. The summed E-state index contributed by atoms with van der Waals surface area (Å²) in [5.74, 6) is 0.526. The molecule has 1 unspecified atom stereocenters. The Morgan fingerprint density at radius 1 is 1.20 bits per heavy atom. The fourth-order valence-electron chi connectivity index (χ4n) is 1.56. The van der Waals surface area contributed by atoms with Crippen LogP contribution in [-0.4, -0.2) is 33.5 Å². The van der Waals surface area contributed by atoms with E-state index in [2.05, 4.69) is 9.97 Å². The number of nitrogens with zero attached hydrogens (tertiary/aromatic N) is 2. The topological polar surface area (TPSA) is 55.2 Å². The van der Waals surface area contributed by atoms with Crippen molar-refractivity contribution in [1.82, 2.24) is 9.97 Å². The number of ether oxygens (including phenoxy) is 1. The van der Waals surface area contributed by atoms with Gasteiger partial charge in [-0.3, -0.25) is 0 Å². The van der Waals surface area contributed by atoms with Crippen LogP contribution in [0.25, 0.3) is 0 Å². The van der Waals surface area contributed by atoms with E-state index in [-0.39, 0.29) is 0 Å². The molecule has 0 radical (unpaired) electrons. The standard InChI is InChI=1S/C15H18N2O2S/c1-12-7-16-15(17-8-12)20-11-14(18)10-19-9-13-5-3-2-4-6-13/h2-8,14,18H,9-11H2,1H3. The summed E-state index contributed by atoms with van der Waals surface area (Å²) in [6.45, 7) is 2.78. The van der Waals surface area contributed by atoms with Crippen molar-refractivity contribution >= 4 is 11.8 Å². The summed E-state index contributed by atoms with van der Waals surface area (Å²) in [5, 5.41) is 10.5. The van der Waals surface area contributed by atoms with E-state index < -0.39 is 6.10 Å². The Morgan fingerprint density at radius 3 is 2.60 bits per heavy atom. The number of thioether (sulfide) groups is 1. The molecule has 0 aliphatic carbocycles. The molecule has 0 spiro atoms. The number of hydrogen-bond donors (Lipinski definition) is 1. The van der Waals surface area contributed by atoms with Crippen LogP contribution in [0.1, 0.15) is 11.1 Å². The predicted molar refractivity (Wildman–Crippen MR) is 79.6 cm³/mol.